The fourth-order valence-electron chi connectivity index (χ4n) is 1.47. The molecule has 0 radical (unpaired) electrons. The Balaban J connectivity index is 2.28. The summed E-state index contributed by atoms with van der Waals surface area (Å²) in [5, 5.41) is 1.47. The minimum atomic E-state index is -0.0610. The molecule has 3 nitrogen and oxygen atoms in total. The number of halogens is 1. The summed E-state index contributed by atoms with van der Waals surface area (Å²) < 4.78 is 10.3. The number of carbonyl (C=O) groups excluding carboxylic acids is 1. The number of benzene rings is 1. The van der Waals surface area contributed by atoms with Crippen LogP contribution in [0.2, 0.25) is 5.02 Å². The highest BCUT2D eigenvalue weighted by atomic mass is 35.5. The standard InChI is InChI=1S/C12H11ClO3/c1-15-5-4-10(14)12-7-8-6-9(13)2-3-11(8)16-12/h2-3,6-7H,4-5H2,1H3. The van der Waals surface area contributed by atoms with Crippen molar-refractivity contribution in [2.75, 3.05) is 13.7 Å². The maximum Gasteiger partial charge on any atom is 0.200 e. The maximum atomic E-state index is 11.7. The molecule has 16 heavy (non-hydrogen) atoms. The highest BCUT2D eigenvalue weighted by Crippen LogP contribution is 2.23. The van der Waals surface area contributed by atoms with Gasteiger partial charge in [0.2, 0.25) is 0 Å². The summed E-state index contributed by atoms with van der Waals surface area (Å²) in [6.45, 7) is 0.399. The van der Waals surface area contributed by atoms with Gasteiger partial charge in [0.15, 0.2) is 11.5 Å². The number of hydrogen-bond donors (Lipinski definition) is 0. The third kappa shape index (κ3) is 2.26. The van der Waals surface area contributed by atoms with E-state index in [0.29, 0.717) is 29.4 Å². The first-order valence-electron chi connectivity index (χ1n) is 4.92. The summed E-state index contributed by atoms with van der Waals surface area (Å²) in [6, 6.07) is 6.97. The Hall–Kier alpha value is -1.32. The quantitative estimate of drug-likeness (QED) is 0.768. The molecule has 0 N–H and O–H groups in total. The van der Waals surface area contributed by atoms with Crippen molar-refractivity contribution in [1.82, 2.24) is 0 Å². The number of ether oxygens (including phenoxy) is 1. The van der Waals surface area contributed by atoms with Crippen LogP contribution in [-0.2, 0) is 4.74 Å². The summed E-state index contributed by atoms with van der Waals surface area (Å²) in [5.74, 6) is 0.295. The highest BCUT2D eigenvalue weighted by molar-refractivity contribution is 6.31. The molecule has 84 valence electrons. The predicted octanol–water partition coefficient (Wildman–Crippen LogP) is 3.31. The van der Waals surface area contributed by atoms with Gasteiger partial charge < -0.3 is 9.15 Å². The van der Waals surface area contributed by atoms with E-state index in [9.17, 15) is 4.79 Å². The number of Topliss-reactive ketones (excluding diaryl/α,β-unsaturated/α-hetero) is 1. The monoisotopic (exact) mass is 238 g/mol. The molecule has 0 aliphatic rings. The topological polar surface area (TPSA) is 39.4 Å². The summed E-state index contributed by atoms with van der Waals surface area (Å²) in [6.07, 6.45) is 0.323. The van der Waals surface area contributed by atoms with Crippen LogP contribution in [0.5, 0.6) is 0 Å². The molecule has 0 amide bonds. The SMILES string of the molecule is COCCC(=O)c1cc2cc(Cl)ccc2o1. The van der Waals surface area contributed by atoms with Gasteiger partial charge in [0.05, 0.1) is 6.61 Å². The van der Waals surface area contributed by atoms with Crippen molar-refractivity contribution in [1.29, 1.82) is 0 Å². The van der Waals surface area contributed by atoms with Crippen LogP contribution in [-0.4, -0.2) is 19.5 Å². The Morgan fingerprint density at radius 1 is 1.44 bits per heavy atom. The average molecular weight is 239 g/mol. The summed E-state index contributed by atoms with van der Waals surface area (Å²) in [7, 11) is 1.56. The van der Waals surface area contributed by atoms with Crippen LogP contribution >= 0.6 is 11.6 Å². The highest BCUT2D eigenvalue weighted by Gasteiger charge is 2.11. The second-order valence-electron chi connectivity index (χ2n) is 3.46. The number of hydrogen-bond acceptors (Lipinski definition) is 3. The van der Waals surface area contributed by atoms with E-state index in [1.807, 2.05) is 0 Å². The average Bonchev–Trinajstić information content (AvgIpc) is 2.68. The van der Waals surface area contributed by atoms with Crippen molar-refractivity contribution in [2.24, 2.45) is 0 Å². The van der Waals surface area contributed by atoms with Gasteiger partial charge in [0, 0.05) is 23.9 Å². The number of methoxy groups -OCH3 is 1. The van der Waals surface area contributed by atoms with Crippen molar-refractivity contribution in [3.8, 4) is 0 Å². The molecular formula is C12H11ClO3. The third-order valence-electron chi connectivity index (χ3n) is 2.29. The van der Waals surface area contributed by atoms with E-state index in [-0.39, 0.29) is 5.78 Å². The van der Waals surface area contributed by atoms with Gasteiger partial charge in [-0.05, 0) is 24.3 Å². The zero-order chi connectivity index (χ0) is 11.5. The zero-order valence-electron chi connectivity index (χ0n) is 8.83. The third-order valence-corrected chi connectivity index (χ3v) is 2.52. The van der Waals surface area contributed by atoms with E-state index in [1.165, 1.54) is 0 Å². The minimum absolute atomic E-state index is 0.0610. The molecule has 0 spiro atoms. The summed E-state index contributed by atoms with van der Waals surface area (Å²) >= 11 is 5.84. The van der Waals surface area contributed by atoms with E-state index >= 15 is 0 Å². The van der Waals surface area contributed by atoms with E-state index in [1.54, 1.807) is 31.4 Å². The molecular weight excluding hydrogens is 228 g/mol. The van der Waals surface area contributed by atoms with Gasteiger partial charge in [-0.25, -0.2) is 0 Å². The minimum Gasteiger partial charge on any atom is -0.453 e. The van der Waals surface area contributed by atoms with Gasteiger partial charge in [-0.15, -0.1) is 0 Å². The maximum absolute atomic E-state index is 11.7. The lowest BCUT2D eigenvalue weighted by molar-refractivity contribution is 0.0907. The molecule has 1 aromatic heterocycles. The number of rotatable bonds is 4. The lowest BCUT2D eigenvalue weighted by Gasteiger charge is -1.94. The number of ketones is 1. The van der Waals surface area contributed by atoms with Crippen LogP contribution in [0.1, 0.15) is 17.0 Å². The van der Waals surface area contributed by atoms with Gasteiger partial charge in [-0.3, -0.25) is 4.79 Å². The fourth-order valence-corrected chi connectivity index (χ4v) is 1.65. The van der Waals surface area contributed by atoms with Crippen LogP contribution in [0.15, 0.2) is 28.7 Å². The van der Waals surface area contributed by atoms with E-state index in [2.05, 4.69) is 0 Å². The second-order valence-corrected chi connectivity index (χ2v) is 3.90. The molecule has 4 heteroatoms. The van der Waals surface area contributed by atoms with Gasteiger partial charge in [-0.2, -0.15) is 0 Å². The number of carbonyl (C=O) groups is 1. The molecule has 0 aliphatic carbocycles. The summed E-state index contributed by atoms with van der Waals surface area (Å²) in [4.78, 5) is 11.7. The molecule has 2 aromatic rings. The van der Waals surface area contributed by atoms with E-state index in [0.717, 1.165) is 5.39 Å². The van der Waals surface area contributed by atoms with Gasteiger partial charge in [0.25, 0.3) is 0 Å². The molecule has 0 saturated carbocycles. The van der Waals surface area contributed by atoms with Crippen molar-refractivity contribution in [3.05, 3.63) is 35.0 Å². The first-order chi connectivity index (χ1) is 7.70. The smallest absolute Gasteiger partial charge is 0.200 e. The molecule has 0 fully saturated rings. The zero-order valence-corrected chi connectivity index (χ0v) is 9.58. The van der Waals surface area contributed by atoms with Crippen LogP contribution < -0.4 is 0 Å². The van der Waals surface area contributed by atoms with Crippen molar-refractivity contribution in [3.63, 3.8) is 0 Å². The number of furan rings is 1. The van der Waals surface area contributed by atoms with Crippen LogP contribution in [0.3, 0.4) is 0 Å². The van der Waals surface area contributed by atoms with Crippen LogP contribution in [0, 0.1) is 0 Å². The molecule has 1 heterocycles. The lowest BCUT2D eigenvalue weighted by atomic mass is 10.2. The predicted molar refractivity (Wildman–Crippen MR) is 62.0 cm³/mol. The number of fused-ring (bicyclic) bond motifs is 1. The second kappa shape index (κ2) is 4.68. The lowest BCUT2D eigenvalue weighted by Crippen LogP contribution is -2.01. The normalized spacial score (nSPS) is 10.9. The van der Waals surface area contributed by atoms with Crippen molar-refractivity contribution in [2.45, 2.75) is 6.42 Å². The molecule has 0 aliphatic heterocycles. The van der Waals surface area contributed by atoms with Gasteiger partial charge >= 0.3 is 0 Å². The first-order valence-corrected chi connectivity index (χ1v) is 5.30. The Labute approximate surface area is 97.9 Å². The largest absolute Gasteiger partial charge is 0.453 e. The van der Waals surface area contributed by atoms with Gasteiger partial charge in [-0.1, -0.05) is 11.6 Å². The molecule has 0 atom stereocenters. The first kappa shape index (κ1) is 11.2. The Bertz CT molecular complexity index is 516. The molecule has 2 rings (SSSR count). The van der Waals surface area contributed by atoms with E-state index in [4.69, 9.17) is 20.8 Å². The Morgan fingerprint density at radius 2 is 2.25 bits per heavy atom. The summed E-state index contributed by atoms with van der Waals surface area (Å²) in [5.41, 5.74) is 0.671. The fraction of sp³-hybridized carbons (Fsp3) is 0.250. The van der Waals surface area contributed by atoms with Crippen molar-refractivity contribution < 1.29 is 13.9 Å². The molecule has 1 aromatic carbocycles. The van der Waals surface area contributed by atoms with Gasteiger partial charge in [0.1, 0.15) is 5.58 Å². The Morgan fingerprint density at radius 3 is 3.00 bits per heavy atom. The molecule has 0 saturated heterocycles. The van der Waals surface area contributed by atoms with Crippen molar-refractivity contribution >= 4 is 28.4 Å². The van der Waals surface area contributed by atoms with E-state index < -0.39 is 0 Å². The molecule has 0 unspecified atom stereocenters. The molecule has 0 bridgehead atoms. The van der Waals surface area contributed by atoms with Crippen LogP contribution in [0.25, 0.3) is 11.0 Å². The Kier molecular flexibility index (Phi) is 3.27. The van der Waals surface area contributed by atoms with Crippen LogP contribution in [0.4, 0.5) is 0 Å².